The van der Waals surface area contributed by atoms with E-state index in [2.05, 4.69) is 10.2 Å². The SMILES string of the molecule is Cc1ccccc1OCCCC(=O)N1CCN(CC(=O)NC(C)(C)C)CC1. The number of para-hydroxylation sites is 1. The molecule has 1 aliphatic rings. The minimum atomic E-state index is -0.213. The summed E-state index contributed by atoms with van der Waals surface area (Å²) in [6.45, 7) is 11.7. The number of amides is 2. The van der Waals surface area contributed by atoms with E-state index < -0.39 is 0 Å². The molecule has 1 aliphatic heterocycles. The van der Waals surface area contributed by atoms with Gasteiger partial charge in [-0.15, -0.1) is 0 Å². The van der Waals surface area contributed by atoms with E-state index in [1.165, 1.54) is 0 Å². The van der Waals surface area contributed by atoms with E-state index in [0.29, 0.717) is 39.1 Å². The summed E-state index contributed by atoms with van der Waals surface area (Å²) < 4.78 is 5.75. The zero-order valence-electron chi connectivity index (χ0n) is 17.1. The molecule has 0 radical (unpaired) electrons. The summed E-state index contributed by atoms with van der Waals surface area (Å²) in [6, 6.07) is 7.90. The van der Waals surface area contributed by atoms with Gasteiger partial charge in [0.1, 0.15) is 5.75 Å². The zero-order chi connectivity index (χ0) is 19.9. The van der Waals surface area contributed by atoms with Crippen LogP contribution in [-0.2, 0) is 9.59 Å². The number of rotatable bonds is 7. The first-order valence-electron chi connectivity index (χ1n) is 9.74. The molecule has 1 aromatic carbocycles. The van der Waals surface area contributed by atoms with E-state index in [1.807, 2.05) is 56.9 Å². The third-order valence-corrected chi connectivity index (χ3v) is 4.49. The normalized spacial score (nSPS) is 15.5. The summed E-state index contributed by atoms with van der Waals surface area (Å²) in [5, 5.41) is 2.98. The van der Waals surface area contributed by atoms with Gasteiger partial charge in [0.05, 0.1) is 13.2 Å². The first kappa shape index (κ1) is 21.2. The second-order valence-electron chi connectivity index (χ2n) is 8.17. The molecule has 2 rings (SSSR count). The van der Waals surface area contributed by atoms with Crippen molar-refractivity contribution in [3.05, 3.63) is 29.8 Å². The van der Waals surface area contributed by atoms with Crippen molar-refractivity contribution >= 4 is 11.8 Å². The number of nitrogens with one attached hydrogen (secondary N) is 1. The van der Waals surface area contributed by atoms with Gasteiger partial charge >= 0.3 is 0 Å². The van der Waals surface area contributed by atoms with Crippen LogP contribution in [0.3, 0.4) is 0 Å². The van der Waals surface area contributed by atoms with Crippen molar-refractivity contribution < 1.29 is 14.3 Å². The Morgan fingerprint density at radius 3 is 2.41 bits per heavy atom. The van der Waals surface area contributed by atoms with Crippen LogP contribution in [0.4, 0.5) is 0 Å². The minimum Gasteiger partial charge on any atom is -0.493 e. The maximum absolute atomic E-state index is 12.4. The van der Waals surface area contributed by atoms with Gasteiger partial charge in [0.2, 0.25) is 11.8 Å². The molecule has 6 nitrogen and oxygen atoms in total. The second kappa shape index (κ2) is 9.74. The topological polar surface area (TPSA) is 61.9 Å². The molecule has 0 aliphatic carbocycles. The lowest BCUT2D eigenvalue weighted by Crippen LogP contribution is -2.52. The van der Waals surface area contributed by atoms with Gasteiger partial charge in [-0.25, -0.2) is 0 Å². The molecule has 1 fully saturated rings. The lowest BCUT2D eigenvalue weighted by atomic mass is 10.1. The highest BCUT2D eigenvalue weighted by atomic mass is 16.5. The fraction of sp³-hybridized carbons (Fsp3) is 0.619. The van der Waals surface area contributed by atoms with E-state index in [0.717, 1.165) is 24.4 Å². The number of nitrogens with zero attached hydrogens (tertiary/aromatic N) is 2. The molecule has 1 saturated heterocycles. The maximum atomic E-state index is 12.4. The molecule has 150 valence electrons. The molecule has 1 aromatic rings. The van der Waals surface area contributed by atoms with Gasteiger partial charge in [0.15, 0.2) is 0 Å². The van der Waals surface area contributed by atoms with E-state index in [9.17, 15) is 9.59 Å². The van der Waals surface area contributed by atoms with E-state index in [4.69, 9.17) is 4.74 Å². The summed E-state index contributed by atoms with van der Waals surface area (Å²) >= 11 is 0. The fourth-order valence-corrected chi connectivity index (χ4v) is 3.10. The van der Waals surface area contributed by atoms with Crippen molar-refractivity contribution in [2.24, 2.45) is 0 Å². The van der Waals surface area contributed by atoms with E-state index in [-0.39, 0.29) is 17.4 Å². The predicted octanol–water partition coefficient (Wildman–Crippen LogP) is 2.21. The molecule has 0 saturated carbocycles. The molecule has 1 N–H and O–H groups in total. The monoisotopic (exact) mass is 375 g/mol. The summed E-state index contributed by atoms with van der Waals surface area (Å²) in [6.07, 6.45) is 1.21. The van der Waals surface area contributed by atoms with Crippen molar-refractivity contribution in [2.45, 2.75) is 46.1 Å². The molecule has 2 amide bonds. The van der Waals surface area contributed by atoms with Crippen molar-refractivity contribution in [1.29, 1.82) is 0 Å². The maximum Gasteiger partial charge on any atom is 0.234 e. The highest BCUT2D eigenvalue weighted by molar-refractivity contribution is 5.79. The Balaban J connectivity index is 1.63. The molecule has 1 heterocycles. The Hall–Kier alpha value is -2.08. The number of piperazine rings is 1. The van der Waals surface area contributed by atoms with E-state index in [1.54, 1.807) is 0 Å². The second-order valence-corrected chi connectivity index (χ2v) is 8.17. The highest BCUT2D eigenvalue weighted by Gasteiger charge is 2.23. The molecule has 0 unspecified atom stereocenters. The summed E-state index contributed by atoms with van der Waals surface area (Å²) in [5.74, 6) is 1.09. The molecule has 0 bridgehead atoms. The molecular weight excluding hydrogens is 342 g/mol. The molecule has 27 heavy (non-hydrogen) atoms. The lowest BCUT2D eigenvalue weighted by molar-refractivity contribution is -0.133. The van der Waals surface area contributed by atoms with Crippen molar-refractivity contribution in [2.75, 3.05) is 39.3 Å². The van der Waals surface area contributed by atoms with Gasteiger partial charge in [0.25, 0.3) is 0 Å². The predicted molar refractivity (Wildman–Crippen MR) is 107 cm³/mol. The van der Waals surface area contributed by atoms with Crippen LogP contribution in [-0.4, -0.2) is 66.5 Å². The number of carbonyl (C=O) groups excluding carboxylic acids is 2. The van der Waals surface area contributed by atoms with Gasteiger partial charge in [-0.05, 0) is 45.7 Å². The quantitative estimate of drug-likeness (QED) is 0.743. The lowest BCUT2D eigenvalue weighted by Gasteiger charge is -2.35. The fourth-order valence-electron chi connectivity index (χ4n) is 3.10. The Morgan fingerprint density at radius 1 is 1.11 bits per heavy atom. The number of hydrogen-bond donors (Lipinski definition) is 1. The third kappa shape index (κ3) is 7.59. The van der Waals surface area contributed by atoms with Gasteiger partial charge < -0.3 is 15.0 Å². The van der Waals surface area contributed by atoms with Crippen molar-refractivity contribution in [3.8, 4) is 5.75 Å². The average Bonchev–Trinajstić information content (AvgIpc) is 2.59. The number of carbonyl (C=O) groups is 2. The van der Waals surface area contributed by atoms with Crippen LogP contribution < -0.4 is 10.1 Å². The smallest absolute Gasteiger partial charge is 0.234 e. The summed E-state index contributed by atoms with van der Waals surface area (Å²) in [7, 11) is 0. The number of aryl methyl sites for hydroxylation is 1. The number of hydrogen-bond acceptors (Lipinski definition) is 4. The minimum absolute atomic E-state index is 0.0376. The van der Waals surface area contributed by atoms with Crippen LogP contribution in [0.5, 0.6) is 5.75 Å². The van der Waals surface area contributed by atoms with Crippen molar-refractivity contribution in [3.63, 3.8) is 0 Å². The Morgan fingerprint density at radius 2 is 1.78 bits per heavy atom. The summed E-state index contributed by atoms with van der Waals surface area (Å²) in [5.41, 5.74) is 0.894. The van der Waals surface area contributed by atoms with Crippen LogP contribution in [0.15, 0.2) is 24.3 Å². The van der Waals surface area contributed by atoms with Gasteiger partial charge in [-0.3, -0.25) is 14.5 Å². The van der Waals surface area contributed by atoms with Gasteiger partial charge in [0, 0.05) is 38.1 Å². The molecular formula is C21H33N3O3. The standard InChI is InChI=1S/C21H33N3O3/c1-17-8-5-6-9-18(17)27-15-7-10-20(26)24-13-11-23(12-14-24)16-19(25)22-21(2,3)4/h5-6,8-9H,7,10-16H2,1-4H3,(H,22,25). The van der Waals surface area contributed by atoms with Gasteiger partial charge in [-0.2, -0.15) is 0 Å². The zero-order valence-corrected chi connectivity index (χ0v) is 17.1. The molecule has 6 heteroatoms. The third-order valence-electron chi connectivity index (χ3n) is 4.49. The number of benzene rings is 1. The Labute approximate surface area is 162 Å². The summed E-state index contributed by atoms with van der Waals surface area (Å²) in [4.78, 5) is 28.4. The largest absolute Gasteiger partial charge is 0.493 e. The number of ether oxygens (including phenoxy) is 1. The molecule has 0 spiro atoms. The van der Waals surface area contributed by atoms with Gasteiger partial charge in [-0.1, -0.05) is 18.2 Å². The molecule has 0 aromatic heterocycles. The van der Waals surface area contributed by atoms with E-state index >= 15 is 0 Å². The first-order chi connectivity index (χ1) is 12.7. The van der Waals surface area contributed by atoms with Crippen LogP contribution in [0.1, 0.15) is 39.2 Å². The Bertz CT molecular complexity index is 632. The molecule has 0 atom stereocenters. The van der Waals surface area contributed by atoms with Crippen LogP contribution in [0, 0.1) is 6.92 Å². The average molecular weight is 376 g/mol. The van der Waals surface area contributed by atoms with Crippen LogP contribution in [0.2, 0.25) is 0 Å². The van der Waals surface area contributed by atoms with Crippen molar-refractivity contribution in [1.82, 2.24) is 15.1 Å². The van der Waals surface area contributed by atoms with Crippen LogP contribution in [0.25, 0.3) is 0 Å². The van der Waals surface area contributed by atoms with Crippen LogP contribution >= 0.6 is 0 Å². The first-order valence-corrected chi connectivity index (χ1v) is 9.74. The Kier molecular flexibility index (Phi) is 7.66. The highest BCUT2D eigenvalue weighted by Crippen LogP contribution is 2.16.